The Balaban J connectivity index is 0.922. The van der Waals surface area contributed by atoms with E-state index in [9.17, 15) is 24.6 Å². The fourth-order valence-electron chi connectivity index (χ4n) is 8.25. The highest BCUT2D eigenvalue weighted by atomic mass is 32.5. The Morgan fingerprint density at radius 3 is 1.65 bits per heavy atom. The van der Waals surface area contributed by atoms with E-state index in [1.54, 1.807) is 4.57 Å². The van der Waals surface area contributed by atoms with Gasteiger partial charge in [-0.15, -0.1) is 0 Å². The zero-order chi connectivity index (χ0) is 49.0. The minimum absolute atomic E-state index is 0.00331. The molecule has 30 nitrogen and oxygen atoms in total. The van der Waals surface area contributed by atoms with Crippen molar-refractivity contribution < 1.29 is 70.7 Å². The van der Waals surface area contributed by atoms with Crippen LogP contribution in [0.15, 0.2) is 38.0 Å². The van der Waals surface area contributed by atoms with Crippen LogP contribution in [0, 0.1) is 0 Å². The first-order chi connectivity index (χ1) is 32.9. The summed E-state index contributed by atoms with van der Waals surface area (Å²) in [6.45, 7) is -9.62. The SMILES string of the molecule is COC1C(COP(O)(=S)OC2CC(CCP(=O)(OC)OC)OC2n2cnc3c(N)ncnc32)OC(n2cnc3c(N)ncnc32)C1OP(O)(=S)OCC1OC(n2cnc3c(N)ncnc32)C(O)C1O. The molecule has 0 aromatic carbocycles. The molecule has 0 radical (unpaired) electrons. The van der Waals surface area contributed by atoms with Crippen molar-refractivity contribution in [2.24, 2.45) is 0 Å². The van der Waals surface area contributed by atoms with Gasteiger partial charge in [-0.05, 0) is 30.0 Å². The summed E-state index contributed by atoms with van der Waals surface area (Å²) >= 11 is 11.0. The van der Waals surface area contributed by atoms with E-state index in [0.29, 0.717) is 11.2 Å². The van der Waals surface area contributed by atoms with Crippen molar-refractivity contribution in [1.82, 2.24) is 58.6 Å². The lowest BCUT2D eigenvalue weighted by Crippen LogP contribution is -2.37. The van der Waals surface area contributed by atoms with Crippen molar-refractivity contribution in [2.75, 3.05) is 57.9 Å². The topological polar surface area (TPSA) is 399 Å². The number of hydrogen-bond acceptors (Lipinski definition) is 27. The molecule has 9 rings (SSSR count). The number of aliphatic hydroxyl groups is 2. The largest absolute Gasteiger partial charge is 0.387 e. The molecule has 10 N–H and O–H groups in total. The van der Waals surface area contributed by atoms with Crippen LogP contribution in [-0.4, -0.2) is 168 Å². The van der Waals surface area contributed by atoms with Crippen molar-refractivity contribution in [3.8, 4) is 0 Å². The molecular weight excluding hydrogens is 1020 g/mol. The maximum absolute atomic E-state index is 12.9. The van der Waals surface area contributed by atoms with Crippen LogP contribution in [-0.2, 0) is 74.3 Å². The molecule has 69 heavy (non-hydrogen) atoms. The average molecular weight is 1060 g/mol. The smallest absolute Gasteiger partial charge is 0.330 e. The molecule has 9 heterocycles. The Morgan fingerprint density at radius 2 is 1.13 bits per heavy atom. The molecule has 0 amide bonds. The van der Waals surface area contributed by atoms with Gasteiger partial charge in [-0.1, -0.05) is 0 Å². The molecule has 3 saturated heterocycles. The van der Waals surface area contributed by atoms with Crippen molar-refractivity contribution in [2.45, 2.75) is 80.4 Å². The summed E-state index contributed by atoms with van der Waals surface area (Å²) in [4.78, 5) is 60.8. The maximum Gasteiger partial charge on any atom is 0.330 e. The molecule has 3 aliphatic rings. The van der Waals surface area contributed by atoms with Gasteiger partial charge in [-0.2, -0.15) is 0 Å². The first-order valence-electron chi connectivity index (χ1n) is 20.6. The Kier molecular flexibility index (Phi) is 14.4. The van der Waals surface area contributed by atoms with Gasteiger partial charge in [-0.25, -0.2) is 44.9 Å². The van der Waals surface area contributed by atoms with Gasteiger partial charge in [0.2, 0.25) is 0 Å². The van der Waals surface area contributed by atoms with E-state index >= 15 is 0 Å². The number of aliphatic hydroxyl groups excluding tert-OH is 2. The second-order valence-corrected chi connectivity index (χ2v) is 23.7. The second kappa shape index (κ2) is 19.9. The maximum atomic E-state index is 12.9. The standard InChI is InChI=1S/C34H46N15O15P3S2/c1-55-24-18(8-59-66(53,68)63-16-6-15(4-5-65(52,56-2)57-3)60-32(16)47-12-44-19-26(35)38-9-41-29(19)47)62-34(49-14-46-21-28(37)40-11-43-31(21)49)25(24)64-67(54,69)58-7-17-22(50)23(51)33(61-17)48-13-45-20-27(36)39-10-42-30(20)48/h9-18,22-25,32-34,50-51H,4-8H2,1-3H3,(H,53,68)(H,54,69)(H2,35,38,41)(H2,36,39,42)(H2,37,40,43). The van der Waals surface area contributed by atoms with Crippen LogP contribution in [0.1, 0.15) is 31.5 Å². The Bertz CT molecular complexity index is 2970. The van der Waals surface area contributed by atoms with Gasteiger partial charge >= 0.3 is 21.0 Å². The van der Waals surface area contributed by atoms with Crippen LogP contribution in [0.25, 0.3) is 33.5 Å². The number of nitrogens with zero attached hydrogens (tertiary/aromatic N) is 12. The fourth-order valence-corrected chi connectivity index (χ4v) is 12.2. The van der Waals surface area contributed by atoms with Gasteiger partial charge < -0.3 is 78.8 Å². The molecular formula is C34H46N15O15P3S2. The fraction of sp³-hybridized carbons (Fsp3) is 0.559. The number of imidazole rings is 3. The van der Waals surface area contributed by atoms with E-state index in [-0.39, 0.29) is 58.8 Å². The number of nitrogen functional groups attached to an aromatic ring is 3. The molecule has 0 aliphatic carbocycles. The van der Waals surface area contributed by atoms with Crippen LogP contribution in [0.3, 0.4) is 0 Å². The normalized spacial score (nSPS) is 29.3. The minimum atomic E-state index is -4.35. The first-order valence-corrected chi connectivity index (χ1v) is 27.5. The Labute approximate surface area is 399 Å². The highest BCUT2D eigenvalue weighted by Crippen LogP contribution is 2.54. The number of ether oxygens (including phenoxy) is 4. The van der Waals surface area contributed by atoms with Gasteiger partial charge in [0.1, 0.15) is 78.3 Å². The monoisotopic (exact) mass is 1060 g/mol. The molecule has 35 heteroatoms. The van der Waals surface area contributed by atoms with Gasteiger partial charge in [-0.3, -0.25) is 22.8 Å². The first kappa shape index (κ1) is 50.0. The third kappa shape index (κ3) is 9.99. The third-order valence-electron chi connectivity index (χ3n) is 11.6. The van der Waals surface area contributed by atoms with E-state index in [1.165, 1.54) is 68.4 Å². The van der Waals surface area contributed by atoms with Crippen LogP contribution < -0.4 is 17.2 Å². The van der Waals surface area contributed by atoms with Crippen LogP contribution in [0.5, 0.6) is 0 Å². The summed E-state index contributed by atoms with van der Waals surface area (Å²) in [5.74, 6) is 0.273. The van der Waals surface area contributed by atoms with Crippen molar-refractivity contribution in [1.29, 1.82) is 0 Å². The molecule has 13 atom stereocenters. The second-order valence-electron chi connectivity index (χ2n) is 15.7. The Morgan fingerprint density at radius 1 is 0.652 bits per heavy atom. The van der Waals surface area contributed by atoms with E-state index in [2.05, 4.69) is 44.9 Å². The number of hydrogen-bond donors (Lipinski definition) is 7. The lowest BCUT2D eigenvalue weighted by atomic mass is 10.1. The lowest BCUT2D eigenvalue weighted by Gasteiger charge is -2.28. The molecule has 0 spiro atoms. The molecule has 6 aromatic heterocycles. The number of rotatable bonds is 19. The summed E-state index contributed by atoms with van der Waals surface area (Å²) in [5, 5.41) is 22.0. The molecule has 0 saturated carbocycles. The highest BCUT2D eigenvalue weighted by Gasteiger charge is 2.52. The molecule has 6 aromatic rings. The van der Waals surface area contributed by atoms with Crippen LogP contribution >= 0.6 is 21.0 Å². The van der Waals surface area contributed by atoms with Crippen molar-refractivity contribution in [3.63, 3.8) is 0 Å². The summed E-state index contributed by atoms with van der Waals surface area (Å²) in [5.41, 5.74) is 19.6. The zero-order valence-electron chi connectivity index (χ0n) is 36.4. The van der Waals surface area contributed by atoms with Gasteiger partial charge in [0.25, 0.3) is 0 Å². The molecule has 13 unspecified atom stereocenters. The number of nitrogens with two attached hydrogens (primary N) is 3. The number of methoxy groups -OCH3 is 1. The van der Waals surface area contributed by atoms with E-state index in [1.807, 2.05) is 0 Å². The molecule has 0 bridgehead atoms. The Hall–Kier alpha value is -3.98. The quantitative estimate of drug-likeness (QED) is 0.0532. The molecule has 374 valence electrons. The summed E-state index contributed by atoms with van der Waals surface area (Å²) < 4.78 is 76.1. The lowest BCUT2D eigenvalue weighted by molar-refractivity contribution is -0.0583. The average Bonchev–Trinajstić information content (AvgIpc) is 4.19. The zero-order valence-corrected chi connectivity index (χ0v) is 40.7. The predicted octanol–water partition coefficient (Wildman–Crippen LogP) is 0.185. The summed E-state index contributed by atoms with van der Waals surface area (Å²) in [7, 11) is 0.469. The number of fused-ring (bicyclic) bond motifs is 3. The third-order valence-corrected chi connectivity index (χ3v) is 16.7. The van der Waals surface area contributed by atoms with Gasteiger partial charge in [0.05, 0.1) is 44.5 Å². The van der Waals surface area contributed by atoms with Gasteiger partial charge in [0, 0.05) is 27.8 Å². The molecule has 3 aliphatic heterocycles. The summed E-state index contributed by atoms with van der Waals surface area (Å²) in [6.07, 6.45) is -4.77. The van der Waals surface area contributed by atoms with Crippen LogP contribution in [0.4, 0.5) is 17.5 Å². The van der Waals surface area contributed by atoms with Gasteiger partial charge in [0.15, 0.2) is 53.1 Å². The van der Waals surface area contributed by atoms with E-state index in [4.69, 9.17) is 86.9 Å². The van der Waals surface area contributed by atoms with Crippen molar-refractivity contribution >= 4 is 95.6 Å². The highest BCUT2D eigenvalue weighted by molar-refractivity contribution is 8.07. The number of anilines is 3. The predicted molar refractivity (Wildman–Crippen MR) is 244 cm³/mol. The molecule has 3 fully saturated rings. The van der Waals surface area contributed by atoms with Crippen molar-refractivity contribution in [3.05, 3.63) is 38.0 Å². The summed E-state index contributed by atoms with van der Waals surface area (Å²) in [6, 6.07) is 0. The van der Waals surface area contributed by atoms with E-state index in [0.717, 1.165) is 0 Å². The minimum Gasteiger partial charge on any atom is -0.387 e. The number of aromatic nitrogens is 12. The van der Waals surface area contributed by atoms with Crippen LogP contribution in [0.2, 0.25) is 0 Å². The van der Waals surface area contributed by atoms with E-state index < -0.39 is 102 Å².